The third kappa shape index (κ3) is 4.78. The van der Waals surface area contributed by atoms with Crippen molar-refractivity contribution in [2.45, 2.75) is 26.1 Å². The Kier molecular flexibility index (Phi) is 5.83. The van der Waals surface area contributed by atoms with Crippen molar-refractivity contribution < 1.29 is 18.0 Å². The zero-order chi connectivity index (χ0) is 20.3. The van der Waals surface area contributed by atoms with E-state index in [-0.39, 0.29) is 5.91 Å². The molecule has 28 heavy (non-hydrogen) atoms. The number of benzene rings is 1. The average molecular weight is 393 g/mol. The number of nitrogens with zero attached hydrogens (tertiary/aromatic N) is 4. The Morgan fingerprint density at radius 3 is 2.32 bits per heavy atom. The van der Waals surface area contributed by atoms with E-state index in [1.54, 1.807) is 13.1 Å². The smallest absolute Gasteiger partial charge is 0.354 e. The molecule has 1 aliphatic rings. The molecule has 0 bridgehead atoms. The van der Waals surface area contributed by atoms with Gasteiger partial charge in [-0.3, -0.25) is 9.69 Å². The van der Waals surface area contributed by atoms with E-state index in [2.05, 4.69) is 20.2 Å². The molecule has 3 rings (SSSR count). The number of halogens is 3. The van der Waals surface area contributed by atoms with Gasteiger partial charge in [0.25, 0.3) is 0 Å². The average Bonchev–Trinajstić information content (AvgIpc) is 2.67. The lowest BCUT2D eigenvalue weighted by atomic mass is 10.1. The van der Waals surface area contributed by atoms with Crippen LogP contribution in [-0.4, -0.2) is 53.0 Å². The Morgan fingerprint density at radius 1 is 1.11 bits per heavy atom. The number of anilines is 2. The molecule has 6 nitrogen and oxygen atoms in total. The quantitative estimate of drug-likeness (QED) is 0.866. The Labute approximate surface area is 161 Å². The van der Waals surface area contributed by atoms with Crippen LogP contribution in [0.1, 0.15) is 18.3 Å². The molecular formula is C19H22F3N5O. The summed E-state index contributed by atoms with van der Waals surface area (Å²) in [6, 6.07) is 5.93. The van der Waals surface area contributed by atoms with Crippen molar-refractivity contribution in [2.24, 2.45) is 0 Å². The molecule has 2 aromatic rings. The molecule has 0 radical (unpaired) electrons. The van der Waals surface area contributed by atoms with Gasteiger partial charge in [-0.2, -0.15) is 13.2 Å². The highest BCUT2D eigenvalue weighted by Crippen LogP contribution is 2.29. The summed E-state index contributed by atoms with van der Waals surface area (Å²) in [6.07, 6.45) is -2.66. The van der Waals surface area contributed by atoms with Crippen molar-refractivity contribution in [1.29, 1.82) is 0 Å². The van der Waals surface area contributed by atoms with E-state index in [9.17, 15) is 18.0 Å². The number of hydrogen-bond donors (Lipinski definition) is 1. The van der Waals surface area contributed by atoms with Crippen LogP contribution in [0.4, 0.5) is 24.7 Å². The first-order valence-corrected chi connectivity index (χ1v) is 9.01. The second-order valence-corrected chi connectivity index (χ2v) is 6.73. The van der Waals surface area contributed by atoms with Gasteiger partial charge < -0.3 is 10.2 Å². The van der Waals surface area contributed by atoms with Crippen molar-refractivity contribution in [1.82, 2.24) is 14.9 Å². The van der Waals surface area contributed by atoms with Crippen LogP contribution in [-0.2, 0) is 11.0 Å². The van der Waals surface area contributed by atoms with E-state index in [4.69, 9.17) is 0 Å². The van der Waals surface area contributed by atoms with E-state index >= 15 is 0 Å². The molecule has 2 heterocycles. The zero-order valence-corrected chi connectivity index (χ0v) is 15.7. The molecule has 0 spiro atoms. The highest BCUT2D eigenvalue weighted by atomic mass is 19.4. The van der Waals surface area contributed by atoms with Crippen LogP contribution in [0.3, 0.4) is 0 Å². The minimum Gasteiger partial charge on any atom is -0.354 e. The lowest BCUT2D eigenvalue weighted by Gasteiger charge is -2.38. The van der Waals surface area contributed by atoms with Crippen molar-refractivity contribution in [3.63, 3.8) is 0 Å². The first-order valence-electron chi connectivity index (χ1n) is 9.01. The summed E-state index contributed by atoms with van der Waals surface area (Å²) < 4.78 is 37.9. The molecule has 1 aromatic carbocycles. The number of piperazine rings is 1. The number of rotatable bonds is 4. The lowest BCUT2D eigenvalue weighted by Crippen LogP contribution is -2.53. The highest BCUT2D eigenvalue weighted by Gasteiger charge is 2.30. The number of hydrogen-bond acceptors (Lipinski definition) is 5. The third-order valence-electron chi connectivity index (χ3n) is 4.81. The summed E-state index contributed by atoms with van der Waals surface area (Å²) in [5, 5.41) is 2.69. The summed E-state index contributed by atoms with van der Waals surface area (Å²) in [4.78, 5) is 25.2. The number of aryl methyl sites for hydroxylation is 1. The normalized spacial score (nSPS) is 16.7. The van der Waals surface area contributed by atoms with Gasteiger partial charge in [-0.1, -0.05) is 0 Å². The molecule has 1 unspecified atom stereocenters. The summed E-state index contributed by atoms with van der Waals surface area (Å²) in [6.45, 7) is 6.47. The van der Waals surface area contributed by atoms with Crippen molar-refractivity contribution in [3.05, 3.63) is 47.9 Å². The molecule has 1 amide bonds. The van der Waals surface area contributed by atoms with Gasteiger partial charge in [0, 0.05) is 38.1 Å². The maximum Gasteiger partial charge on any atom is 0.416 e. The van der Waals surface area contributed by atoms with E-state index < -0.39 is 17.8 Å². The predicted octanol–water partition coefficient (Wildman–Crippen LogP) is 2.95. The topological polar surface area (TPSA) is 61.4 Å². The van der Waals surface area contributed by atoms with Crippen LogP contribution in [0.5, 0.6) is 0 Å². The second-order valence-electron chi connectivity index (χ2n) is 6.73. The van der Waals surface area contributed by atoms with E-state index in [0.717, 1.165) is 31.0 Å². The van der Waals surface area contributed by atoms with Crippen LogP contribution >= 0.6 is 0 Å². The predicted molar refractivity (Wildman–Crippen MR) is 100 cm³/mol. The molecule has 9 heteroatoms. The fourth-order valence-electron chi connectivity index (χ4n) is 3.11. The molecule has 1 aliphatic heterocycles. The molecule has 150 valence electrons. The number of alkyl halides is 3. The minimum absolute atomic E-state index is 0.244. The lowest BCUT2D eigenvalue weighted by molar-refractivity contribution is -0.137. The fourth-order valence-corrected chi connectivity index (χ4v) is 3.11. The number of aromatic nitrogens is 2. The summed E-state index contributed by atoms with van der Waals surface area (Å²) in [5.74, 6) is 1.34. The Balaban J connectivity index is 1.54. The number of nitrogens with one attached hydrogen (secondary N) is 1. The molecule has 0 saturated carbocycles. The maximum absolute atomic E-state index is 12.6. The number of carbonyl (C=O) groups excluding carboxylic acids is 1. The van der Waals surface area contributed by atoms with E-state index in [1.807, 2.05) is 17.9 Å². The van der Waals surface area contributed by atoms with Crippen LogP contribution in [0, 0.1) is 6.92 Å². The van der Waals surface area contributed by atoms with Crippen LogP contribution in [0.2, 0.25) is 0 Å². The van der Waals surface area contributed by atoms with Crippen LogP contribution < -0.4 is 10.2 Å². The molecule has 1 N–H and O–H groups in total. The van der Waals surface area contributed by atoms with Crippen molar-refractivity contribution in [2.75, 3.05) is 36.4 Å². The van der Waals surface area contributed by atoms with Gasteiger partial charge in [-0.15, -0.1) is 0 Å². The summed E-state index contributed by atoms with van der Waals surface area (Å²) in [7, 11) is 0. The number of carbonyl (C=O) groups is 1. The summed E-state index contributed by atoms with van der Waals surface area (Å²) >= 11 is 0. The third-order valence-corrected chi connectivity index (χ3v) is 4.81. The minimum atomic E-state index is -4.39. The second kappa shape index (κ2) is 8.14. The highest BCUT2D eigenvalue weighted by molar-refractivity contribution is 5.94. The SMILES string of the molecule is Cc1nccc(N2CCN(C(C)C(=O)Nc3ccc(C(F)(F)F)cc3)CC2)n1. The van der Waals surface area contributed by atoms with Gasteiger partial charge in [-0.25, -0.2) is 9.97 Å². The van der Waals surface area contributed by atoms with Crippen molar-refractivity contribution >= 4 is 17.4 Å². The molecule has 1 atom stereocenters. The van der Waals surface area contributed by atoms with Gasteiger partial charge in [-0.05, 0) is 44.2 Å². The van der Waals surface area contributed by atoms with Crippen LogP contribution in [0.25, 0.3) is 0 Å². The monoisotopic (exact) mass is 393 g/mol. The molecule has 1 aromatic heterocycles. The van der Waals surface area contributed by atoms with Gasteiger partial charge in [0.15, 0.2) is 0 Å². The summed E-state index contributed by atoms with van der Waals surface area (Å²) in [5.41, 5.74) is -0.394. The van der Waals surface area contributed by atoms with E-state index in [0.29, 0.717) is 24.6 Å². The first kappa shape index (κ1) is 20.1. The molecule has 0 aliphatic carbocycles. The zero-order valence-electron chi connectivity index (χ0n) is 15.7. The van der Waals surface area contributed by atoms with Gasteiger partial charge >= 0.3 is 6.18 Å². The van der Waals surface area contributed by atoms with E-state index in [1.165, 1.54) is 12.1 Å². The Hall–Kier alpha value is -2.68. The standard InChI is InChI=1S/C19H22F3N5O/c1-13(18(28)25-16-5-3-15(4-6-16)19(20,21)22)26-9-11-27(12-10-26)17-7-8-23-14(2)24-17/h3-8,13H,9-12H2,1-2H3,(H,25,28). The van der Waals surface area contributed by atoms with Gasteiger partial charge in [0.2, 0.25) is 5.91 Å². The Bertz CT molecular complexity index is 817. The molecule has 1 fully saturated rings. The molecule has 1 saturated heterocycles. The van der Waals surface area contributed by atoms with Gasteiger partial charge in [0.05, 0.1) is 11.6 Å². The fraction of sp³-hybridized carbons (Fsp3) is 0.421. The molecular weight excluding hydrogens is 371 g/mol. The maximum atomic E-state index is 12.6. The van der Waals surface area contributed by atoms with Gasteiger partial charge in [0.1, 0.15) is 11.6 Å². The van der Waals surface area contributed by atoms with Crippen LogP contribution in [0.15, 0.2) is 36.5 Å². The first-order chi connectivity index (χ1) is 13.2. The number of amides is 1. The van der Waals surface area contributed by atoms with Crippen molar-refractivity contribution in [3.8, 4) is 0 Å². The Morgan fingerprint density at radius 2 is 1.75 bits per heavy atom. The largest absolute Gasteiger partial charge is 0.416 e.